The highest BCUT2D eigenvalue weighted by molar-refractivity contribution is 5.89. The molecule has 0 saturated carbocycles. The van der Waals surface area contributed by atoms with E-state index >= 15 is 0 Å². The Morgan fingerprint density at radius 2 is 1.48 bits per heavy atom. The molecule has 0 radical (unpaired) electrons. The van der Waals surface area contributed by atoms with Crippen molar-refractivity contribution in [2.24, 2.45) is 0 Å². The Morgan fingerprint density at radius 3 is 2.06 bits per heavy atom. The smallest absolute Gasteiger partial charge is 0.408 e. The average Bonchev–Trinajstić information content (AvgIpc) is 2.80. The molecule has 0 fully saturated rings. The summed E-state index contributed by atoms with van der Waals surface area (Å²) in [7, 11) is 1.29. The number of unbranched alkanes of at least 4 members (excludes halogenated alkanes) is 1. The van der Waals surface area contributed by atoms with Crippen molar-refractivity contribution < 1.29 is 23.9 Å². The highest BCUT2D eigenvalue weighted by Crippen LogP contribution is 2.08. The average molecular weight is 427 g/mol. The number of benzene rings is 2. The number of methoxy groups -OCH3 is 1. The van der Waals surface area contributed by atoms with Crippen molar-refractivity contribution in [2.75, 3.05) is 7.11 Å². The summed E-state index contributed by atoms with van der Waals surface area (Å²) in [6.45, 7) is 2.09. The molecule has 2 aromatic carbocycles. The zero-order valence-electron chi connectivity index (χ0n) is 18.0. The normalized spacial score (nSPS) is 12.3. The molecule has 0 aliphatic heterocycles. The van der Waals surface area contributed by atoms with Gasteiger partial charge in [0.05, 0.1) is 7.11 Å². The van der Waals surface area contributed by atoms with Gasteiger partial charge >= 0.3 is 12.1 Å². The van der Waals surface area contributed by atoms with E-state index in [1.54, 1.807) is 0 Å². The zero-order valence-corrected chi connectivity index (χ0v) is 18.0. The second kappa shape index (κ2) is 13.1. The van der Waals surface area contributed by atoms with Crippen LogP contribution in [0.25, 0.3) is 0 Å². The number of carbonyl (C=O) groups is 3. The number of alkyl carbamates (subject to hydrolysis) is 1. The van der Waals surface area contributed by atoms with Gasteiger partial charge in [-0.25, -0.2) is 9.59 Å². The highest BCUT2D eigenvalue weighted by atomic mass is 16.5. The first-order valence-corrected chi connectivity index (χ1v) is 10.4. The lowest BCUT2D eigenvalue weighted by Crippen LogP contribution is -2.52. The lowest BCUT2D eigenvalue weighted by atomic mass is 10.0. The molecule has 2 rings (SSSR count). The third-order valence-corrected chi connectivity index (χ3v) is 4.75. The van der Waals surface area contributed by atoms with Gasteiger partial charge in [-0.2, -0.15) is 0 Å². The Balaban J connectivity index is 2.06. The van der Waals surface area contributed by atoms with E-state index in [-0.39, 0.29) is 13.0 Å². The quantitative estimate of drug-likeness (QED) is 0.538. The molecule has 0 aliphatic rings. The zero-order chi connectivity index (χ0) is 22.5. The minimum Gasteiger partial charge on any atom is -0.467 e. The number of ether oxygens (including phenoxy) is 2. The molecule has 7 nitrogen and oxygen atoms in total. The molecule has 1 unspecified atom stereocenters. The van der Waals surface area contributed by atoms with Gasteiger partial charge in [0.2, 0.25) is 5.91 Å². The van der Waals surface area contributed by atoms with Crippen molar-refractivity contribution in [2.45, 2.75) is 51.3 Å². The first kappa shape index (κ1) is 23.9. The van der Waals surface area contributed by atoms with Crippen LogP contribution in [0.2, 0.25) is 0 Å². The Labute approximate surface area is 183 Å². The van der Waals surface area contributed by atoms with Crippen LogP contribution in [-0.4, -0.2) is 37.2 Å². The van der Waals surface area contributed by atoms with Crippen LogP contribution in [0.15, 0.2) is 60.7 Å². The monoisotopic (exact) mass is 426 g/mol. The van der Waals surface area contributed by atoms with Crippen LogP contribution in [0.1, 0.15) is 37.3 Å². The highest BCUT2D eigenvalue weighted by Gasteiger charge is 2.27. The summed E-state index contributed by atoms with van der Waals surface area (Å²) < 4.78 is 10.1. The summed E-state index contributed by atoms with van der Waals surface area (Å²) in [4.78, 5) is 37.4. The lowest BCUT2D eigenvalue weighted by molar-refractivity contribution is -0.145. The van der Waals surface area contributed by atoms with E-state index in [1.165, 1.54) is 7.11 Å². The van der Waals surface area contributed by atoms with E-state index in [9.17, 15) is 14.4 Å². The molecule has 2 aromatic rings. The van der Waals surface area contributed by atoms with Crippen LogP contribution in [0.4, 0.5) is 4.79 Å². The predicted molar refractivity (Wildman–Crippen MR) is 117 cm³/mol. The fourth-order valence-corrected chi connectivity index (χ4v) is 3.04. The third kappa shape index (κ3) is 8.50. The lowest BCUT2D eigenvalue weighted by Gasteiger charge is -2.22. The van der Waals surface area contributed by atoms with Crippen molar-refractivity contribution >= 4 is 18.0 Å². The van der Waals surface area contributed by atoms with Gasteiger partial charge in [0.15, 0.2) is 0 Å². The maximum absolute atomic E-state index is 13.0. The maximum atomic E-state index is 13.0. The third-order valence-electron chi connectivity index (χ3n) is 4.75. The molecule has 2 N–H and O–H groups in total. The molecule has 0 saturated heterocycles. The molecular formula is C24H30N2O5. The number of amides is 2. The fraction of sp³-hybridized carbons (Fsp3) is 0.375. The van der Waals surface area contributed by atoms with E-state index in [2.05, 4.69) is 10.6 Å². The van der Waals surface area contributed by atoms with Gasteiger partial charge in [-0.15, -0.1) is 0 Å². The van der Waals surface area contributed by atoms with E-state index in [4.69, 9.17) is 9.47 Å². The molecular weight excluding hydrogens is 396 g/mol. The van der Waals surface area contributed by atoms with Crippen molar-refractivity contribution in [3.8, 4) is 0 Å². The Kier molecular flexibility index (Phi) is 10.1. The Hall–Kier alpha value is -3.35. The standard InChI is InChI=1S/C24H30N2O5/c1-3-4-15-20(23(28)30-2)25-22(27)21(16-18-11-7-5-8-12-18)26-24(29)31-17-19-13-9-6-10-14-19/h5-14,20-21H,3-4,15-17H2,1-2H3,(H,25,27)(H,26,29)/t20-,21?/m0/s1. The van der Waals surface area contributed by atoms with Crippen LogP contribution >= 0.6 is 0 Å². The van der Waals surface area contributed by atoms with Gasteiger partial charge in [-0.3, -0.25) is 4.79 Å². The molecule has 2 amide bonds. The van der Waals surface area contributed by atoms with Crippen LogP contribution in [0, 0.1) is 0 Å². The Bertz CT molecular complexity index is 826. The molecule has 0 heterocycles. The minimum atomic E-state index is -0.903. The fourth-order valence-electron chi connectivity index (χ4n) is 3.04. The van der Waals surface area contributed by atoms with Crippen LogP contribution in [0.5, 0.6) is 0 Å². The van der Waals surface area contributed by atoms with Gasteiger partial charge in [-0.1, -0.05) is 80.4 Å². The first-order chi connectivity index (χ1) is 15.0. The molecule has 7 heteroatoms. The van der Waals surface area contributed by atoms with Crippen LogP contribution in [-0.2, 0) is 32.1 Å². The van der Waals surface area contributed by atoms with Gasteiger partial charge in [-0.05, 0) is 17.5 Å². The van der Waals surface area contributed by atoms with E-state index in [0.29, 0.717) is 6.42 Å². The maximum Gasteiger partial charge on any atom is 0.408 e. The van der Waals surface area contributed by atoms with Crippen molar-refractivity contribution in [3.63, 3.8) is 0 Å². The summed E-state index contributed by atoms with van der Waals surface area (Å²) in [6, 6.07) is 16.9. The van der Waals surface area contributed by atoms with E-state index < -0.39 is 30.1 Å². The number of hydrogen-bond donors (Lipinski definition) is 2. The summed E-state index contributed by atoms with van der Waals surface area (Å²) in [6.07, 6.45) is 1.65. The molecule has 2 atom stereocenters. The second-order valence-corrected chi connectivity index (χ2v) is 7.17. The largest absolute Gasteiger partial charge is 0.467 e. The van der Waals surface area contributed by atoms with Gasteiger partial charge in [0.25, 0.3) is 0 Å². The van der Waals surface area contributed by atoms with Crippen LogP contribution < -0.4 is 10.6 Å². The van der Waals surface area contributed by atoms with Crippen molar-refractivity contribution in [1.29, 1.82) is 0 Å². The molecule has 31 heavy (non-hydrogen) atoms. The molecule has 0 aromatic heterocycles. The van der Waals surface area contributed by atoms with Crippen molar-refractivity contribution in [3.05, 3.63) is 71.8 Å². The Morgan fingerprint density at radius 1 is 0.871 bits per heavy atom. The molecule has 0 spiro atoms. The minimum absolute atomic E-state index is 0.0909. The molecule has 166 valence electrons. The predicted octanol–water partition coefficient (Wildman–Crippen LogP) is 3.37. The van der Waals surface area contributed by atoms with Gasteiger partial charge < -0.3 is 20.1 Å². The summed E-state index contributed by atoms with van der Waals surface area (Å²) >= 11 is 0. The number of nitrogens with one attached hydrogen (secondary N) is 2. The van der Waals surface area contributed by atoms with E-state index in [0.717, 1.165) is 24.0 Å². The second-order valence-electron chi connectivity index (χ2n) is 7.17. The van der Waals surface area contributed by atoms with Gasteiger partial charge in [0.1, 0.15) is 18.7 Å². The number of esters is 1. The SMILES string of the molecule is CCCC[C@H](NC(=O)C(Cc1ccccc1)NC(=O)OCc1ccccc1)C(=O)OC. The molecule has 0 bridgehead atoms. The summed E-state index contributed by atoms with van der Waals surface area (Å²) in [5.41, 5.74) is 1.71. The van der Waals surface area contributed by atoms with E-state index in [1.807, 2.05) is 67.6 Å². The van der Waals surface area contributed by atoms with Crippen LogP contribution in [0.3, 0.4) is 0 Å². The summed E-state index contributed by atoms with van der Waals surface area (Å²) in [5.74, 6) is -0.973. The number of rotatable bonds is 11. The van der Waals surface area contributed by atoms with Crippen molar-refractivity contribution in [1.82, 2.24) is 10.6 Å². The number of carbonyl (C=O) groups excluding carboxylic acids is 3. The summed E-state index contributed by atoms with van der Waals surface area (Å²) in [5, 5.41) is 5.35. The first-order valence-electron chi connectivity index (χ1n) is 10.4. The van der Waals surface area contributed by atoms with Gasteiger partial charge in [0, 0.05) is 6.42 Å². The topological polar surface area (TPSA) is 93.7 Å². The molecule has 0 aliphatic carbocycles. The number of hydrogen-bond acceptors (Lipinski definition) is 5.